The Kier molecular flexibility index (Phi) is 3.50. The zero-order chi connectivity index (χ0) is 14.8. The van der Waals surface area contributed by atoms with E-state index in [1.54, 1.807) is 6.07 Å². The van der Waals surface area contributed by atoms with Gasteiger partial charge in [-0.3, -0.25) is 19.5 Å². The minimum atomic E-state index is -0.347. The maximum absolute atomic E-state index is 12.4. The number of benzene rings is 1. The van der Waals surface area contributed by atoms with Gasteiger partial charge < -0.3 is 5.73 Å². The first-order valence-electron chi connectivity index (χ1n) is 6.78. The number of hydrogen-bond acceptors (Lipinski definition) is 4. The van der Waals surface area contributed by atoms with Gasteiger partial charge in [-0.2, -0.15) is 0 Å². The lowest BCUT2D eigenvalue weighted by molar-refractivity contribution is 0.0589. The molecule has 3 rings (SSSR count). The van der Waals surface area contributed by atoms with Crippen LogP contribution in [0.2, 0.25) is 0 Å². The third kappa shape index (κ3) is 2.32. The third-order valence-corrected chi connectivity index (χ3v) is 3.67. The van der Waals surface area contributed by atoms with Gasteiger partial charge in [0.15, 0.2) is 0 Å². The van der Waals surface area contributed by atoms with E-state index in [1.165, 1.54) is 17.3 Å². The van der Waals surface area contributed by atoms with Gasteiger partial charge in [0.1, 0.15) is 0 Å². The van der Waals surface area contributed by atoms with Crippen molar-refractivity contribution in [2.75, 3.05) is 6.54 Å². The van der Waals surface area contributed by atoms with Gasteiger partial charge in [0.05, 0.1) is 17.2 Å². The van der Waals surface area contributed by atoms with Crippen LogP contribution >= 0.6 is 0 Å². The predicted molar refractivity (Wildman–Crippen MR) is 77.7 cm³/mol. The van der Waals surface area contributed by atoms with Gasteiger partial charge in [-0.15, -0.1) is 0 Å². The molecule has 0 fully saturated rings. The van der Waals surface area contributed by atoms with E-state index in [4.69, 9.17) is 5.73 Å². The molecule has 2 N–H and O–H groups in total. The van der Waals surface area contributed by atoms with Crippen molar-refractivity contribution in [2.45, 2.75) is 12.5 Å². The fourth-order valence-electron chi connectivity index (χ4n) is 2.60. The molecule has 1 aromatic carbocycles. The van der Waals surface area contributed by atoms with E-state index in [0.29, 0.717) is 17.5 Å². The lowest BCUT2D eigenvalue weighted by Crippen LogP contribution is -2.45. The predicted octanol–water partition coefficient (Wildman–Crippen LogP) is 1.25. The summed E-state index contributed by atoms with van der Waals surface area (Å²) in [5.74, 6) is -0.599. The van der Waals surface area contributed by atoms with Crippen molar-refractivity contribution in [3.63, 3.8) is 0 Å². The molecule has 1 atom stereocenters. The Morgan fingerprint density at radius 2 is 1.76 bits per heavy atom. The topological polar surface area (TPSA) is 76.3 Å². The number of aromatic nitrogens is 1. The molecule has 2 amide bonds. The van der Waals surface area contributed by atoms with Crippen molar-refractivity contribution in [1.82, 2.24) is 9.88 Å². The Balaban J connectivity index is 1.89. The van der Waals surface area contributed by atoms with Gasteiger partial charge in [-0.05, 0) is 18.1 Å². The smallest absolute Gasteiger partial charge is 0.263 e. The highest BCUT2D eigenvalue weighted by molar-refractivity contribution is 6.21. The Bertz CT molecular complexity index is 650. The molecule has 0 spiro atoms. The van der Waals surface area contributed by atoms with E-state index >= 15 is 0 Å². The average molecular weight is 281 g/mol. The molecule has 2 heterocycles. The molecule has 0 bridgehead atoms. The Morgan fingerprint density at radius 1 is 1.05 bits per heavy atom. The fraction of sp³-hybridized carbons (Fsp3) is 0.188. The van der Waals surface area contributed by atoms with Crippen molar-refractivity contribution in [3.8, 4) is 0 Å². The van der Waals surface area contributed by atoms with Crippen molar-refractivity contribution in [2.24, 2.45) is 5.73 Å². The van der Waals surface area contributed by atoms with E-state index in [-0.39, 0.29) is 24.4 Å². The second kappa shape index (κ2) is 5.46. The molecule has 5 heteroatoms. The first-order chi connectivity index (χ1) is 10.2. The number of carbonyl (C=O) groups is 2. The average Bonchev–Trinajstić information content (AvgIpc) is 2.78. The zero-order valence-corrected chi connectivity index (χ0v) is 11.4. The van der Waals surface area contributed by atoms with Crippen molar-refractivity contribution < 1.29 is 9.59 Å². The van der Waals surface area contributed by atoms with Crippen LogP contribution in [0.1, 0.15) is 26.3 Å². The second-order valence-corrected chi connectivity index (χ2v) is 4.98. The number of carbonyl (C=O) groups excluding carboxylic acids is 2. The quantitative estimate of drug-likeness (QED) is 0.856. The number of rotatable bonds is 4. The number of nitrogens with two attached hydrogens (primary N) is 1. The van der Waals surface area contributed by atoms with Gasteiger partial charge in [0.25, 0.3) is 11.8 Å². The first kappa shape index (κ1) is 13.5. The van der Waals surface area contributed by atoms with Gasteiger partial charge in [0.2, 0.25) is 0 Å². The molecule has 1 aliphatic heterocycles. The number of hydrogen-bond donors (Lipinski definition) is 1. The molecular weight excluding hydrogens is 266 g/mol. The van der Waals surface area contributed by atoms with E-state index < -0.39 is 0 Å². The molecule has 21 heavy (non-hydrogen) atoms. The SMILES string of the molecule is NCC(Cc1ccccc1)N1C(=O)c2ccncc2C1=O. The minimum absolute atomic E-state index is 0.230. The first-order valence-corrected chi connectivity index (χ1v) is 6.78. The lowest BCUT2D eigenvalue weighted by atomic mass is 10.0. The van der Waals surface area contributed by atoms with Crippen LogP contribution in [0.5, 0.6) is 0 Å². The molecule has 1 aliphatic rings. The Morgan fingerprint density at radius 3 is 2.43 bits per heavy atom. The number of imide groups is 1. The highest BCUT2D eigenvalue weighted by atomic mass is 16.2. The van der Waals surface area contributed by atoms with Crippen LogP contribution < -0.4 is 5.73 Å². The molecule has 106 valence electrons. The molecule has 0 saturated heterocycles. The van der Waals surface area contributed by atoms with E-state index in [1.807, 2.05) is 30.3 Å². The van der Waals surface area contributed by atoms with Crippen LogP contribution in [-0.2, 0) is 6.42 Å². The molecule has 0 saturated carbocycles. The highest BCUT2D eigenvalue weighted by Gasteiger charge is 2.39. The van der Waals surface area contributed by atoms with E-state index in [9.17, 15) is 9.59 Å². The molecule has 0 aliphatic carbocycles. The van der Waals surface area contributed by atoms with E-state index in [0.717, 1.165) is 5.56 Å². The maximum atomic E-state index is 12.4. The zero-order valence-electron chi connectivity index (χ0n) is 11.4. The van der Waals surface area contributed by atoms with Crippen molar-refractivity contribution in [1.29, 1.82) is 0 Å². The van der Waals surface area contributed by atoms with Gasteiger partial charge in [-0.1, -0.05) is 30.3 Å². The number of fused-ring (bicyclic) bond motifs is 1. The monoisotopic (exact) mass is 281 g/mol. The maximum Gasteiger partial charge on any atom is 0.263 e. The molecule has 1 aromatic heterocycles. The molecule has 2 aromatic rings. The Labute approximate surface area is 122 Å². The summed E-state index contributed by atoms with van der Waals surface area (Å²) < 4.78 is 0. The normalized spacial score (nSPS) is 15.2. The fourth-order valence-corrected chi connectivity index (χ4v) is 2.60. The van der Waals surface area contributed by atoms with Crippen molar-refractivity contribution in [3.05, 3.63) is 65.5 Å². The van der Waals surface area contributed by atoms with Crippen LogP contribution in [-0.4, -0.2) is 34.3 Å². The van der Waals surface area contributed by atoms with Gasteiger partial charge in [0, 0.05) is 18.9 Å². The van der Waals surface area contributed by atoms with Gasteiger partial charge in [-0.25, -0.2) is 0 Å². The summed E-state index contributed by atoms with van der Waals surface area (Å²) in [6.45, 7) is 0.230. The summed E-state index contributed by atoms with van der Waals surface area (Å²) in [6, 6.07) is 10.9. The van der Waals surface area contributed by atoms with Crippen LogP contribution in [0.15, 0.2) is 48.8 Å². The largest absolute Gasteiger partial charge is 0.328 e. The third-order valence-electron chi connectivity index (χ3n) is 3.67. The number of nitrogens with zero attached hydrogens (tertiary/aromatic N) is 2. The summed E-state index contributed by atoms with van der Waals surface area (Å²) in [6.07, 6.45) is 3.50. The molecule has 5 nitrogen and oxygen atoms in total. The van der Waals surface area contributed by atoms with Crippen molar-refractivity contribution >= 4 is 11.8 Å². The second-order valence-electron chi connectivity index (χ2n) is 4.98. The Hall–Kier alpha value is -2.53. The van der Waals surface area contributed by atoms with Gasteiger partial charge >= 0.3 is 0 Å². The number of pyridine rings is 1. The van der Waals surface area contributed by atoms with Crippen LogP contribution in [0, 0.1) is 0 Å². The van der Waals surface area contributed by atoms with Crippen LogP contribution in [0.3, 0.4) is 0 Å². The van der Waals surface area contributed by atoms with E-state index in [2.05, 4.69) is 4.98 Å². The summed E-state index contributed by atoms with van der Waals surface area (Å²) in [7, 11) is 0. The number of amides is 2. The molecule has 1 unspecified atom stereocenters. The summed E-state index contributed by atoms with van der Waals surface area (Å²) >= 11 is 0. The molecular formula is C16H15N3O2. The highest BCUT2D eigenvalue weighted by Crippen LogP contribution is 2.24. The summed E-state index contributed by atoms with van der Waals surface area (Å²) in [5, 5.41) is 0. The lowest BCUT2D eigenvalue weighted by Gasteiger charge is -2.25. The molecule has 0 radical (unpaired) electrons. The minimum Gasteiger partial charge on any atom is -0.328 e. The summed E-state index contributed by atoms with van der Waals surface area (Å²) in [4.78, 5) is 30.0. The standard InChI is InChI=1S/C16H15N3O2/c17-9-12(8-11-4-2-1-3-5-11)19-15(20)13-6-7-18-10-14(13)16(19)21/h1-7,10,12H,8-9,17H2. The summed E-state index contributed by atoms with van der Waals surface area (Å²) in [5.41, 5.74) is 7.60. The van der Waals surface area contributed by atoms with Crippen LogP contribution in [0.25, 0.3) is 0 Å². The van der Waals surface area contributed by atoms with Crippen LogP contribution in [0.4, 0.5) is 0 Å².